The molecule has 0 aliphatic heterocycles. The molecule has 0 bridgehead atoms. The lowest BCUT2D eigenvalue weighted by Crippen LogP contribution is -2.15. The van der Waals surface area contributed by atoms with Gasteiger partial charge in [0.2, 0.25) is 0 Å². The van der Waals surface area contributed by atoms with Gasteiger partial charge in [-0.05, 0) is 34.2 Å². The van der Waals surface area contributed by atoms with Gasteiger partial charge in [-0.1, -0.05) is 36.4 Å². The van der Waals surface area contributed by atoms with Crippen molar-refractivity contribution in [1.29, 1.82) is 0 Å². The lowest BCUT2D eigenvalue weighted by Gasteiger charge is -2.09. The quantitative estimate of drug-likeness (QED) is 0.584. The normalized spacial score (nSPS) is 10.9. The molecule has 0 aliphatic rings. The highest BCUT2D eigenvalue weighted by Crippen LogP contribution is 2.19. The molecule has 0 atom stereocenters. The molecule has 0 unspecified atom stereocenters. The average molecular weight is 342 g/mol. The molecule has 26 heavy (non-hydrogen) atoms. The van der Waals surface area contributed by atoms with Gasteiger partial charge in [-0.25, -0.2) is 9.97 Å². The molecule has 0 spiro atoms. The van der Waals surface area contributed by atoms with E-state index < -0.39 is 0 Å². The number of nitrogens with zero attached hydrogens (tertiary/aromatic N) is 2. The zero-order valence-electron chi connectivity index (χ0n) is 14.1. The summed E-state index contributed by atoms with van der Waals surface area (Å²) in [4.78, 5) is 22.9. The molecule has 4 rings (SSSR count). The van der Waals surface area contributed by atoms with Crippen LogP contribution in [-0.4, -0.2) is 15.0 Å². The van der Waals surface area contributed by atoms with E-state index in [1.165, 1.54) is 11.9 Å². The Labute approximate surface area is 150 Å². The number of fused-ring (bicyclic) bond motifs is 1. The van der Waals surface area contributed by atoms with Gasteiger partial charge in [0.25, 0.3) is 5.56 Å². The zero-order chi connectivity index (χ0) is 17.8. The summed E-state index contributed by atoms with van der Waals surface area (Å²) < 4.78 is 0. The number of benzene rings is 2. The van der Waals surface area contributed by atoms with Crippen LogP contribution in [0.4, 0.5) is 0 Å². The van der Waals surface area contributed by atoms with Crippen molar-refractivity contribution < 1.29 is 0 Å². The van der Waals surface area contributed by atoms with Gasteiger partial charge in [0, 0.05) is 42.6 Å². The lowest BCUT2D eigenvalue weighted by atomic mass is 10.1. The molecule has 5 heteroatoms. The fourth-order valence-electron chi connectivity index (χ4n) is 3.07. The molecule has 2 heterocycles. The predicted octanol–water partition coefficient (Wildman–Crippen LogP) is 3.27. The van der Waals surface area contributed by atoms with Gasteiger partial charge >= 0.3 is 0 Å². The molecule has 2 N–H and O–H groups in total. The summed E-state index contributed by atoms with van der Waals surface area (Å²) in [7, 11) is 0. The van der Waals surface area contributed by atoms with Crippen molar-refractivity contribution in [3.8, 4) is 11.1 Å². The second-order valence-electron chi connectivity index (χ2n) is 6.12. The molecule has 5 nitrogen and oxygen atoms in total. The van der Waals surface area contributed by atoms with E-state index in [0.717, 1.165) is 34.0 Å². The van der Waals surface area contributed by atoms with Crippen molar-refractivity contribution in [3.63, 3.8) is 0 Å². The van der Waals surface area contributed by atoms with Crippen LogP contribution in [0.15, 0.2) is 78.2 Å². The molecule has 0 aliphatic carbocycles. The Kier molecular flexibility index (Phi) is 4.53. The topological polar surface area (TPSA) is 70.7 Å². The van der Waals surface area contributed by atoms with Gasteiger partial charge in [-0.15, -0.1) is 0 Å². The Morgan fingerprint density at radius 2 is 1.69 bits per heavy atom. The largest absolute Gasteiger partial charge is 0.328 e. The first-order valence-electron chi connectivity index (χ1n) is 8.45. The van der Waals surface area contributed by atoms with E-state index in [1.807, 2.05) is 42.7 Å². The van der Waals surface area contributed by atoms with Gasteiger partial charge in [0.15, 0.2) is 0 Å². The van der Waals surface area contributed by atoms with E-state index in [-0.39, 0.29) is 5.56 Å². The summed E-state index contributed by atoms with van der Waals surface area (Å²) in [5.74, 6) is 0. The smallest absolute Gasteiger partial charge is 0.255 e. The Bertz CT molecular complexity index is 1090. The molecule has 128 valence electrons. The van der Waals surface area contributed by atoms with Gasteiger partial charge in [-0.2, -0.15) is 0 Å². The van der Waals surface area contributed by atoms with Crippen molar-refractivity contribution in [2.75, 3.05) is 0 Å². The fourth-order valence-corrected chi connectivity index (χ4v) is 3.07. The van der Waals surface area contributed by atoms with Crippen LogP contribution in [0, 0.1) is 0 Å². The minimum atomic E-state index is -0.0536. The number of pyridine rings is 1. The van der Waals surface area contributed by atoms with Gasteiger partial charge < -0.3 is 10.3 Å². The molecule has 0 amide bonds. The van der Waals surface area contributed by atoms with Gasteiger partial charge in [0.05, 0.1) is 0 Å². The van der Waals surface area contributed by atoms with Gasteiger partial charge in [-0.3, -0.25) is 4.79 Å². The van der Waals surface area contributed by atoms with E-state index in [4.69, 9.17) is 0 Å². The number of hydrogen-bond donors (Lipinski definition) is 2. The maximum Gasteiger partial charge on any atom is 0.255 e. The minimum absolute atomic E-state index is 0.0536. The third kappa shape index (κ3) is 3.38. The number of aromatic nitrogens is 3. The number of aromatic amines is 1. The van der Waals surface area contributed by atoms with E-state index >= 15 is 0 Å². The molecule has 2 aromatic carbocycles. The van der Waals surface area contributed by atoms with Crippen LogP contribution in [0.1, 0.15) is 11.1 Å². The van der Waals surface area contributed by atoms with Crippen LogP contribution in [-0.2, 0) is 13.1 Å². The highest BCUT2D eigenvalue weighted by molar-refractivity contribution is 5.84. The number of hydrogen-bond acceptors (Lipinski definition) is 4. The van der Waals surface area contributed by atoms with Crippen molar-refractivity contribution in [2.45, 2.75) is 13.1 Å². The molecule has 0 fully saturated rings. The van der Waals surface area contributed by atoms with Crippen molar-refractivity contribution >= 4 is 10.8 Å². The second kappa shape index (κ2) is 7.29. The minimum Gasteiger partial charge on any atom is -0.328 e. The number of nitrogens with one attached hydrogen (secondary N) is 2. The zero-order valence-corrected chi connectivity index (χ0v) is 14.1. The first kappa shape index (κ1) is 16.2. The molecule has 0 radical (unpaired) electrons. The SMILES string of the molecule is O=c1[nH]cc(CNCc2cccc(-c3cncnc3)c2)c2ccccc12. The van der Waals surface area contributed by atoms with Crippen LogP contribution in [0.3, 0.4) is 0 Å². The Morgan fingerprint density at radius 3 is 2.54 bits per heavy atom. The van der Waals surface area contributed by atoms with Crippen molar-refractivity contribution in [2.24, 2.45) is 0 Å². The van der Waals surface area contributed by atoms with Crippen molar-refractivity contribution in [3.05, 3.63) is 94.9 Å². The summed E-state index contributed by atoms with van der Waals surface area (Å²) in [6.45, 7) is 1.41. The first-order chi connectivity index (χ1) is 12.8. The summed E-state index contributed by atoms with van der Waals surface area (Å²) in [5, 5.41) is 5.16. The van der Waals surface area contributed by atoms with Crippen LogP contribution in [0.2, 0.25) is 0 Å². The average Bonchev–Trinajstić information content (AvgIpc) is 2.71. The predicted molar refractivity (Wildman–Crippen MR) is 103 cm³/mol. The summed E-state index contributed by atoms with van der Waals surface area (Å²) in [6.07, 6.45) is 6.94. The highest BCUT2D eigenvalue weighted by atomic mass is 16.1. The molecule has 0 saturated carbocycles. The maximum atomic E-state index is 11.9. The lowest BCUT2D eigenvalue weighted by molar-refractivity contribution is 0.695. The Morgan fingerprint density at radius 1 is 0.885 bits per heavy atom. The van der Waals surface area contributed by atoms with Crippen molar-refractivity contribution in [1.82, 2.24) is 20.3 Å². The number of rotatable bonds is 5. The molecular formula is C21H18N4O. The highest BCUT2D eigenvalue weighted by Gasteiger charge is 2.04. The molecule has 0 saturated heterocycles. The van der Waals surface area contributed by atoms with E-state index in [1.54, 1.807) is 6.20 Å². The molecular weight excluding hydrogens is 324 g/mol. The van der Waals surface area contributed by atoms with E-state index in [9.17, 15) is 4.79 Å². The third-order valence-electron chi connectivity index (χ3n) is 4.36. The van der Waals surface area contributed by atoms with Crippen LogP contribution < -0.4 is 10.9 Å². The van der Waals surface area contributed by atoms with E-state index in [0.29, 0.717) is 6.54 Å². The van der Waals surface area contributed by atoms with Crippen LogP contribution in [0.25, 0.3) is 21.9 Å². The van der Waals surface area contributed by atoms with Crippen LogP contribution in [0.5, 0.6) is 0 Å². The monoisotopic (exact) mass is 342 g/mol. The van der Waals surface area contributed by atoms with Crippen LogP contribution >= 0.6 is 0 Å². The maximum absolute atomic E-state index is 11.9. The standard InChI is InChI=1S/C21H18N4O/c26-21-20-7-2-1-6-19(20)18(13-25-21)12-22-9-15-4-3-5-16(8-15)17-10-23-14-24-11-17/h1-8,10-11,13-14,22H,9,12H2,(H,25,26). The first-order valence-corrected chi connectivity index (χ1v) is 8.45. The van der Waals surface area contributed by atoms with Gasteiger partial charge in [0.1, 0.15) is 6.33 Å². The fraction of sp³-hybridized carbons (Fsp3) is 0.0952. The summed E-state index contributed by atoms with van der Waals surface area (Å²) >= 11 is 0. The second-order valence-corrected chi connectivity index (χ2v) is 6.12. The number of H-pyrrole nitrogens is 1. The van der Waals surface area contributed by atoms with E-state index in [2.05, 4.69) is 38.5 Å². The summed E-state index contributed by atoms with van der Waals surface area (Å²) in [6, 6.07) is 16.0. The Balaban J connectivity index is 1.49. The summed E-state index contributed by atoms with van der Waals surface area (Å²) in [5.41, 5.74) is 4.30. The third-order valence-corrected chi connectivity index (χ3v) is 4.36. The molecule has 2 aromatic heterocycles. The Hall–Kier alpha value is -3.31. The molecule has 4 aromatic rings.